The van der Waals surface area contributed by atoms with E-state index in [0.717, 1.165) is 45.3 Å². The van der Waals surface area contributed by atoms with E-state index in [2.05, 4.69) is 9.88 Å². The normalized spacial score (nSPS) is 12.2. The van der Waals surface area contributed by atoms with Crippen LogP contribution in [0.3, 0.4) is 0 Å². The maximum Gasteiger partial charge on any atom is 0.337 e. The molecule has 1 aliphatic heterocycles. The van der Waals surface area contributed by atoms with Crippen molar-refractivity contribution in [3.05, 3.63) is 76.1 Å². The molecule has 3 aromatic rings. The summed E-state index contributed by atoms with van der Waals surface area (Å²) in [6.45, 7) is 5.70. The Labute approximate surface area is 181 Å². The van der Waals surface area contributed by atoms with Crippen molar-refractivity contribution in [2.75, 3.05) is 13.9 Å². The van der Waals surface area contributed by atoms with Crippen LogP contribution in [0.15, 0.2) is 42.5 Å². The Kier molecular flexibility index (Phi) is 5.86. The zero-order valence-electron chi connectivity index (χ0n) is 17.9. The van der Waals surface area contributed by atoms with E-state index in [1.165, 1.54) is 0 Å². The smallest absolute Gasteiger partial charge is 0.337 e. The van der Waals surface area contributed by atoms with Gasteiger partial charge in [-0.3, -0.25) is 0 Å². The first-order valence-electron chi connectivity index (χ1n) is 10.1. The number of benzene rings is 2. The fourth-order valence-electron chi connectivity index (χ4n) is 4.02. The first-order chi connectivity index (χ1) is 15.0. The van der Waals surface area contributed by atoms with E-state index >= 15 is 0 Å². The molecule has 0 bridgehead atoms. The summed E-state index contributed by atoms with van der Waals surface area (Å²) < 4.78 is 18.1. The Morgan fingerprint density at radius 1 is 1.06 bits per heavy atom. The maximum absolute atomic E-state index is 12.0. The number of carboxylic acids is 1. The summed E-state index contributed by atoms with van der Waals surface area (Å²) >= 11 is 0. The van der Waals surface area contributed by atoms with Crippen LogP contribution in [0, 0.1) is 13.8 Å². The minimum Gasteiger partial charge on any atom is -0.497 e. The third kappa shape index (κ3) is 4.22. The van der Waals surface area contributed by atoms with Crippen molar-refractivity contribution in [3.8, 4) is 17.2 Å². The van der Waals surface area contributed by atoms with Crippen LogP contribution in [0.1, 0.15) is 38.4 Å². The van der Waals surface area contributed by atoms with E-state index in [4.69, 9.17) is 14.2 Å². The van der Waals surface area contributed by atoms with Gasteiger partial charge in [0.05, 0.1) is 12.7 Å². The summed E-state index contributed by atoms with van der Waals surface area (Å²) in [5, 5.41) is 13.2. The van der Waals surface area contributed by atoms with E-state index in [-0.39, 0.29) is 6.79 Å². The number of fused-ring (bicyclic) bond motifs is 1. The number of hydrogen-bond donors (Lipinski definition) is 2. The molecule has 162 valence electrons. The van der Waals surface area contributed by atoms with Gasteiger partial charge in [-0.05, 0) is 49.2 Å². The zero-order valence-corrected chi connectivity index (χ0v) is 17.9. The fourth-order valence-corrected chi connectivity index (χ4v) is 4.02. The molecule has 0 aliphatic carbocycles. The number of nitrogens with zero attached hydrogens (tertiary/aromatic N) is 1. The van der Waals surface area contributed by atoms with Crippen LogP contribution in [0.4, 0.5) is 0 Å². The number of rotatable bonds is 8. The van der Waals surface area contributed by atoms with Gasteiger partial charge in [0.15, 0.2) is 11.5 Å². The summed E-state index contributed by atoms with van der Waals surface area (Å²) in [5.41, 5.74) is 4.94. The van der Waals surface area contributed by atoms with E-state index in [1.54, 1.807) is 7.11 Å². The topological polar surface area (TPSA) is 82.0 Å². The molecule has 0 saturated carbocycles. The number of aromatic nitrogens is 1. The zero-order chi connectivity index (χ0) is 22.0. The van der Waals surface area contributed by atoms with Crippen LogP contribution in [-0.2, 0) is 19.6 Å². The maximum atomic E-state index is 12.0. The van der Waals surface area contributed by atoms with Gasteiger partial charge in [0.25, 0.3) is 0 Å². The Morgan fingerprint density at radius 3 is 2.65 bits per heavy atom. The van der Waals surface area contributed by atoms with Crippen molar-refractivity contribution < 1.29 is 24.1 Å². The molecule has 0 fully saturated rings. The molecule has 2 heterocycles. The number of carbonyl (C=O) groups is 1. The van der Waals surface area contributed by atoms with Crippen molar-refractivity contribution in [3.63, 3.8) is 0 Å². The first-order valence-corrected chi connectivity index (χ1v) is 10.1. The lowest BCUT2D eigenvalue weighted by Crippen LogP contribution is -2.15. The molecule has 4 rings (SSSR count). The Morgan fingerprint density at radius 2 is 1.87 bits per heavy atom. The molecule has 2 N–H and O–H groups in total. The molecule has 0 spiro atoms. The molecule has 7 nitrogen and oxygen atoms in total. The van der Waals surface area contributed by atoms with E-state index in [1.807, 2.05) is 56.3 Å². The van der Waals surface area contributed by atoms with E-state index in [9.17, 15) is 9.90 Å². The van der Waals surface area contributed by atoms with E-state index in [0.29, 0.717) is 25.2 Å². The van der Waals surface area contributed by atoms with Gasteiger partial charge in [0.1, 0.15) is 5.75 Å². The molecular weight excluding hydrogens is 396 g/mol. The summed E-state index contributed by atoms with van der Waals surface area (Å²) in [4.78, 5) is 12.0. The molecule has 0 saturated heterocycles. The summed E-state index contributed by atoms with van der Waals surface area (Å²) in [6, 6.07) is 13.6. The lowest BCUT2D eigenvalue weighted by molar-refractivity contribution is 0.0694. The number of aromatic carboxylic acids is 1. The minimum atomic E-state index is -0.912. The number of hydrogen-bond acceptors (Lipinski definition) is 5. The highest BCUT2D eigenvalue weighted by Gasteiger charge is 2.22. The fraction of sp³-hybridized carbons (Fsp3) is 0.292. The number of ether oxygens (including phenoxy) is 3. The molecule has 0 radical (unpaired) electrons. The van der Waals surface area contributed by atoms with Crippen LogP contribution in [0.5, 0.6) is 17.2 Å². The Hall–Kier alpha value is -3.45. The third-order valence-electron chi connectivity index (χ3n) is 5.67. The molecule has 1 aromatic heterocycles. The van der Waals surface area contributed by atoms with Gasteiger partial charge in [-0.25, -0.2) is 4.79 Å². The third-order valence-corrected chi connectivity index (χ3v) is 5.67. The molecule has 31 heavy (non-hydrogen) atoms. The van der Waals surface area contributed by atoms with Crippen molar-refractivity contribution in [2.45, 2.75) is 33.5 Å². The molecular formula is C24H26N2O5. The van der Waals surface area contributed by atoms with Crippen molar-refractivity contribution in [2.24, 2.45) is 0 Å². The molecule has 2 aromatic carbocycles. The van der Waals surface area contributed by atoms with Crippen molar-refractivity contribution in [1.82, 2.24) is 9.88 Å². The van der Waals surface area contributed by atoms with Crippen molar-refractivity contribution >= 4 is 5.97 Å². The van der Waals surface area contributed by atoms with Crippen LogP contribution in [0.2, 0.25) is 0 Å². The average Bonchev–Trinajstić information content (AvgIpc) is 3.32. The lowest BCUT2D eigenvalue weighted by atomic mass is 10.1. The first kappa shape index (κ1) is 20.8. The van der Waals surface area contributed by atoms with Gasteiger partial charge in [-0.2, -0.15) is 0 Å². The SMILES string of the molecule is COc1cccc(Cn2c(C)c(CNCc3ccc4c(c3)OCO4)c(C(=O)O)c2C)c1. The average molecular weight is 422 g/mol. The minimum absolute atomic E-state index is 0.244. The van der Waals surface area contributed by atoms with Gasteiger partial charge in [-0.1, -0.05) is 18.2 Å². The summed E-state index contributed by atoms with van der Waals surface area (Å²) in [6.07, 6.45) is 0. The van der Waals surface area contributed by atoms with Crippen molar-refractivity contribution in [1.29, 1.82) is 0 Å². The second-order valence-electron chi connectivity index (χ2n) is 7.56. The van der Waals surface area contributed by atoms with Crippen LogP contribution < -0.4 is 19.5 Å². The second kappa shape index (κ2) is 8.73. The molecule has 0 unspecified atom stereocenters. The number of methoxy groups -OCH3 is 1. The predicted octanol–water partition coefficient (Wildman–Crippen LogP) is 3.88. The van der Waals surface area contributed by atoms with Gasteiger partial charge < -0.3 is 29.2 Å². The highest BCUT2D eigenvalue weighted by Crippen LogP contribution is 2.32. The summed E-state index contributed by atoms with van der Waals surface area (Å²) in [5.74, 6) is 1.36. The molecule has 0 atom stereocenters. The summed E-state index contributed by atoms with van der Waals surface area (Å²) in [7, 11) is 1.64. The molecule has 0 amide bonds. The Balaban J connectivity index is 1.54. The highest BCUT2D eigenvalue weighted by molar-refractivity contribution is 5.91. The predicted molar refractivity (Wildman–Crippen MR) is 116 cm³/mol. The largest absolute Gasteiger partial charge is 0.497 e. The molecule has 7 heteroatoms. The quantitative estimate of drug-likeness (QED) is 0.573. The van der Waals surface area contributed by atoms with Gasteiger partial charge in [0, 0.05) is 36.6 Å². The standard InChI is InChI=1S/C24H26N2O5/c1-15-20(12-25-11-17-7-8-21-22(10-17)31-14-30-21)23(24(27)28)16(2)26(15)13-18-5-4-6-19(9-18)29-3/h4-10,25H,11-14H2,1-3H3,(H,27,28). The van der Waals surface area contributed by atoms with Crippen LogP contribution in [-0.4, -0.2) is 29.5 Å². The van der Waals surface area contributed by atoms with E-state index < -0.39 is 5.97 Å². The Bertz CT molecular complexity index is 1120. The van der Waals surface area contributed by atoms with Gasteiger partial charge in [-0.15, -0.1) is 0 Å². The van der Waals surface area contributed by atoms with Crippen LogP contribution in [0.25, 0.3) is 0 Å². The monoisotopic (exact) mass is 422 g/mol. The molecule has 1 aliphatic rings. The number of nitrogens with one attached hydrogen (secondary N) is 1. The van der Waals surface area contributed by atoms with Gasteiger partial charge >= 0.3 is 5.97 Å². The second-order valence-corrected chi connectivity index (χ2v) is 7.56. The van der Waals surface area contributed by atoms with Crippen LogP contribution >= 0.6 is 0 Å². The lowest BCUT2D eigenvalue weighted by Gasteiger charge is -2.11. The highest BCUT2D eigenvalue weighted by atomic mass is 16.7. The number of carboxylic acid groups (broad SMARTS) is 1. The van der Waals surface area contributed by atoms with Gasteiger partial charge in [0.2, 0.25) is 6.79 Å².